The predicted octanol–water partition coefficient (Wildman–Crippen LogP) is 4.24. The molecule has 1 aromatic heterocycles. The third-order valence-electron chi connectivity index (χ3n) is 5.15. The average Bonchev–Trinajstić information content (AvgIpc) is 2.71. The number of aryl methyl sites for hydroxylation is 3. The van der Waals surface area contributed by atoms with Gasteiger partial charge in [0.15, 0.2) is 17.5 Å². The zero-order valence-corrected chi connectivity index (χ0v) is 16.6. The van der Waals surface area contributed by atoms with E-state index in [1.54, 1.807) is 0 Å². The number of carbonyl (C=O) groups excluding carboxylic acids is 1. The molecule has 2 aromatic carbocycles. The van der Waals surface area contributed by atoms with Crippen molar-refractivity contribution in [3.63, 3.8) is 0 Å². The molecule has 1 amide bonds. The highest BCUT2D eigenvalue weighted by molar-refractivity contribution is 5.92. The number of nitrogens with zero attached hydrogens (tertiary/aromatic N) is 2. The molecule has 1 aliphatic carbocycles. The van der Waals surface area contributed by atoms with Crippen molar-refractivity contribution in [2.45, 2.75) is 39.0 Å². The highest BCUT2D eigenvalue weighted by Gasteiger charge is 2.22. The molecule has 5 nitrogen and oxygen atoms in total. The Labute approximate surface area is 173 Å². The molecule has 0 saturated heterocycles. The van der Waals surface area contributed by atoms with Crippen LogP contribution in [0.5, 0.6) is 0 Å². The topological polar surface area (TPSA) is 80.9 Å². The number of hydrogen-bond donors (Lipinski definition) is 2. The van der Waals surface area contributed by atoms with E-state index < -0.39 is 11.6 Å². The summed E-state index contributed by atoms with van der Waals surface area (Å²) in [4.78, 5) is 22.1. The largest absolute Gasteiger partial charge is 0.399 e. The first-order valence-electron chi connectivity index (χ1n) is 9.97. The summed E-state index contributed by atoms with van der Waals surface area (Å²) in [6, 6.07) is 9.23. The number of benzene rings is 2. The first-order valence-corrected chi connectivity index (χ1v) is 9.97. The molecule has 1 heterocycles. The van der Waals surface area contributed by atoms with Gasteiger partial charge in [-0.3, -0.25) is 4.79 Å². The molecular weight excluding hydrogens is 386 g/mol. The Morgan fingerprint density at radius 3 is 2.70 bits per heavy atom. The number of aromatic nitrogens is 2. The van der Waals surface area contributed by atoms with Gasteiger partial charge in [0.1, 0.15) is 0 Å². The van der Waals surface area contributed by atoms with Crippen molar-refractivity contribution in [2.75, 3.05) is 11.1 Å². The van der Waals surface area contributed by atoms with Crippen molar-refractivity contribution in [2.24, 2.45) is 0 Å². The SMILES string of the molecule is CCCc1nc2c(nc1NC(=O)Cc1ccc(F)c(F)c1)CCc1cc(N)ccc1-2. The van der Waals surface area contributed by atoms with Crippen LogP contribution in [0.25, 0.3) is 11.3 Å². The van der Waals surface area contributed by atoms with Gasteiger partial charge in [0.05, 0.1) is 23.5 Å². The molecule has 0 bridgehead atoms. The van der Waals surface area contributed by atoms with E-state index in [0.717, 1.165) is 53.2 Å². The number of hydrogen-bond acceptors (Lipinski definition) is 4. The quantitative estimate of drug-likeness (QED) is 0.619. The fourth-order valence-corrected chi connectivity index (χ4v) is 3.72. The number of rotatable bonds is 5. The van der Waals surface area contributed by atoms with Crippen molar-refractivity contribution in [1.82, 2.24) is 9.97 Å². The number of fused-ring (bicyclic) bond motifs is 3. The van der Waals surface area contributed by atoms with Crippen LogP contribution in [-0.2, 0) is 30.5 Å². The maximum absolute atomic E-state index is 13.4. The molecule has 30 heavy (non-hydrogen) atoms. The highest BCUT2D eigenvalue weighted by Crippen LogP contribution is 2.34. The third-order valence-corrected chi connectivity index (χ3v) is 5.15. The summed E-state index contributed by atoms with van der Waals surface area (Å²) in [5.74, 6) is -1.83. The van der Waals surface area contributed by atoms with Gasteiger partial charge in [0, 0.05) is 11.3 Å². The Morgan fingerprint density at radius 1 is 1.10 bits per heavy atom. The minimum atomic E-state index is -0.972. The van der Waals surface area contributed by atoms with Gasteiger partial charge in [0.25, 0.3) is 0 Å². The summed E-state index contributed by atoms with van der Waals surface area (Å²) in [6.07, 6.45) is 2.93. The predicted molar refractivity (Wildman–Crippen MR) is 112 cm³/mol. The normalized spacial score (nSPS) is 12.2. The highest BCUT2D eigenvalue weighted by atomic mass is 19.2. The van der Waals surface area contributed by atoms with Gasteiger partial charge in [-0.05, 0) is 54.7 Å². The minimum Gasteiger partial charge on any atom is -0.399 e. The van der Waals surface area contributed by atoms with Crippen LogP contribution in [0.1, 0.15) is 35.9 Å². The molecular formula is C23H22F2N4O. The molecule has 0 spiro atoms. The molecule has 0 saturated carbocycles. The molecule has 1 aliphatic rings. The van der Waals surface area contributed by atoms with E-state index in [1.807, 2.05) is 25.1 Å². The first-order chi connectivity index (χ1) is 14.4. The summed E-state index contributed by atoms with van der Waals surface area (Å²) in [5, 5.41) is 2.81. The summed E-state index contributed by atoms with van der Waals surface area (Å²) in [5.41, 5.74) is 11.6. The second kappa shape index (κ2) is 8.18. The van der Waals surface area contributed by atoms with Crippen LogP contribution in [0.4, 0.5) is 20.3 Å². The zero-order chi connectivity index (χ0) is 21.3. The molecule has 0 radical (unpaired) electrons. The maximum Gasteiger partial charge on any atom is 0.229 e. The van der Waals surface area contributed by atoms with Crippen molar-refractivity contribution >= 4 is 17.4 Å². The van der Waals surface area contributed by atoms with Gasteiger partial charge in [0.2, 0.25) is 5.91 Å². The van der Waals surface area contributed by atoms with Crippen LogP contribution in [-0.4, -0.2) is 15.9 Å². The van der Waals surface area contributed by atoms with Crippen LogP contribution < -0.4 is 11.1 Å². The van der Waals surface area contributed by atoms with Gasteiger partial charge in [-0.25, -0.2) is 18.7 Å². The standard InChI is InChI=1S/C23H22F2N4O/c1-2-3-20-23(29-21(30)11-13-4-8-17(24)18(25)10-13)28-19-9-5-14-12-15(26)6-7-16(14)22(19)27-20/h4,6-8,10,12H,2-3,5,9,11,26H2,1H3,(H,28,29,30). The van der Waals surface area contributed by atoms with E-state index in [2.05, 4.69) is 5.32 Å². The molecule has 0 atom stereocenters. The Balaban J connectivity index is 1.62. The Hall–Kier alpha value is -3.35. The van der Waals surface area contributed by atoms with Crippen molar-refractivity contribution < 1.29 is 13.6 Å². The smallest absolute Gasteiger partial charge is 0.229 e. The number of halogens is 2. The molecule has 3 aromatic rings. The van der Waals surface area contributed by atoms with Crippen LogP contribution in [0.3, 0.4) is 0 Å². The molecule has 0 aliphatic heterocycles. The molecule has 4 rings (SSSR count). The summed E-state index contributed by atoms with van der Waals surface area (Å²) in [7, 11) is 0. The number of nitrogen functional groups attached to an aromatic ring is 1. The Morgan fingerprint density at radius 2 is 1.93 bits per heavy atom. The lowest BCUT2D eigenvalue weighted by Crippen LogP contribution is -2.20. The van der Waals surface area contributed by atoms with Crippen LogP contribution in [0, 0.1) is 11.6 Å². The van der Waals surface area contributed by atoms with Crippen LogP contribution in [0.2, 0.25) is 0 Å². The summed E-state index contributed by atoms with van der Waals surface area (Å²) < 4.78 is 26.5. The van der Waals surface area contributed by atoms with Crippen molar-refractivity contribution in [3.8, 4) is 11.3 Å². The number of anilines is 2. The second-order valence-corrected chi connectivity index (χ2v) is 7.45. The average molecular weight is 408 g/mol. The fourth-order valence-electron chi connectivity index (χ4n) is 3.72. The van der Waals surface area contributed by atoms with E-state index in [0.29, 0.717) is 29.9 Å². The van der Waals surface area contributed by atoms with E-state index >= 15 is 0 Å². The lowest BCUT2D eigenvalue weighted by molar-refractivity contribution is -0.115. The van der Waals surface area contributed by atoms with Gasteiger partial charge in [-0.15, -0.1) is 0 Å². The van der Waals surface area contributed by atoms with Gasteiger partial charge < -0.3 is 11.1 Å². The van der Waals surface area contributed by atoms with E-state index in [9.17, 15) is 13.6 Å². The number of nitrogens with two attached hydrogens (primary N) is 1. The summed E-state index contributed by atoms with van der Waals surface area (Å²) >= 11 is 0. The lowest BCUT2D eigenvalue weighted by Gasteiger charge is -2.21. The van der Waals surface area contributed by atoms with Gasteiger partial charge in [-0.2, -0.15) is 0 Å². The van der Waals surface area contributed by atoms with Crippen LogP contribution >= 0.6 is 0 Å². The summed E-state index contributed by atoms with van der Waals surface area (Å²) in [6.45, 7) is 2.03. The van der Waals surface area contributed by atoms with Crippen molar-refractivity contribution in [1.29, 1.82) is 0 Å². The minimum absolute atomic E-state index is 0.0797. The van der Waals surface area contributed by atoms with E-state index in [-0.39, 0.29) is 12.3 Å². The second-order valence-electron chi connectivity index (χ2n) is 7.45. The fraction of sp³-hybridized carbons (Fsp3) is 0.261. The molecule has 7 heteroatoms. The van der Waals surface area contributed by atoms with Crippen LogP contribution in [0.15, 0.2) is 36.4 Å². The van der Waals surface area contributed by atoms with E-state index in [4.69, 9.17) is 15.7 Å². The number of nitrogens with one attached hydrogen (secondary N) is 1. The molecule has 3 N–H and O–H groups in total. The van der Waals surface area contributed by atoms with Gasteiger partial charge in [-0.1, -0.05) is 25.5 Å². The number of amides is 1. The Bertz CT molecular complexity index is 1130. The molecule has 0 unspecified atom stereocenters. The van der Waals surface area contributed by atoms with Crippen molar-refractivity contribution in [3.05, 3.63) is 70.5 Å². The van der Waals surface area contributed by atoms with E-state index in [1.165, 1.54) is 6.07 Å². The zero-order valence-electron chi connectivity index (χ0n) is 16.6. The van der Waals surface area contributed by atoms with Gasteiger partial charge >= 0.3 is 0 Å². The molecule has 154 valence electrons. The Kier molecular flexibility index (Phi) is 5.44. The third kappa shape index (κ3) is 4.01. The maximum atomic E-state index is 13.4. The lowest BCUT2D eigenvalue weighted by atomic mass is 9.91. The molecule has 0 fully saturated rings. The monoisotopic (exact) mass is 408 g/mol. The number of carbonyl (C=O) groups is 1. The first kappa shape index (κ1) is 19.9.